The molecule has 1 nitrogen and oxygen atoms in total. The molecule has 0 bridgehead atoms. The number of hydrogen-bond acceptors (Lipinski definition) is 1. The Kier molecular flexibility index (Phi) is 4.74. The average Bonchev–Trinajstić information content (AvgIpc) is 2.44. The molecule has 2 rings (SSSR count). The molecule has 1 aromatic rings. The molecular weight excluding hydrogens is 263 g/mol. The van der Waals surface area contributed by atoms with Crippen LogP contribution >= 0.6 is 0 Å². The maximum Gasteiger partial charge on any atom is 0.194 e. The van der Waals surface area contributed by atoms with E-state index < -0.39 is 17.5 Å². The van der Waals surface area contributed by atoms with E-state index in [1.54, 1.807) is 0 Å². The zero-order chi connectivity index (χ0) is 14.8. The molecule has 0 heterocycles. The van der Waals surface area contributed by atoms with Gasteiger partial charge < -0.3 is 5.32 Å². The van der Waals surface area contributed by atoms with E-state index in [2.05, 4.69) is 12.2 Å². The lowest BCUT2D eigenvalue weighted by atomic mass is 9.68. The van der Waals surface area contributed by atoms with Crippen LogP contribution < -0.4 is 5.32 Å². The molecule has 4 heteroatoms. The van der Waals surface area contributed by atoms with Crippen LogP contribution in [0.2, 0.25) is 0 Å². The van der Waals surface area contributed by atoms with Crippen molar-refractivity contribution in [1.82, 2.24) is 5.32 Å². The van der Waals surface area contributed by atoms with Crippen molar-refractivity contribution < 1.29 is 13.2 Å². The SMILES string of the molecule is CCNC(c1ccc(F)c(F)c1F)C1(C)CCCCC1. The molecule has 20 heavy (non-hydrogen) atoms. The molecule has 112 valence electrons. The van der Waals surface area contributed by atoms with Crippen LogP contribution in [0.1, 0.15) is 57.6 Å². The van der Waals surface area contributed by atoms with Gasteiger partial charge in [0.05, 0.1) is 0 Å². The van der Waals surface area contributed by atoms with Gasteiger partial charge in [0.25, 0.3) is 0 Å². The van der Waals surface area contributed by atoms with Gasteiger partial charge in [0, 0.05) is 11.6 Å². The third kappa shape index (κ3) is 2.85. The van der Waals surface area contributed by atoms with Crippen LogP contribution in [0.3, 0.4) is 0 Å². The van der Waals surface area contributed by atoms with Crippen molar-refractivity contribution >= 4 is 0 Å². The first kappa shape index (κ1) is 15.4. The average molecular weight is 285 g/mol. The van der Waals surface area contributed by atoms with Crippen molar-refractivity contribution in [3.63, 3.8) is 0 Å². The zero-order valence-corrected chi connectivity index (χ0v) is 12.1. The maximum absolute atomic E-state index is 14.1. The van der Waals surface area contributed by atoms with E-state index in [0.29, 0.717) is 6.54 Å². The molecule has 1 saturated carbocycles. The summed E-state index contributed by atoms with van der Waals surface area (Å²) >= 11 is 0. The summed E-state index contributed by atoms with van der Waals surface area (Å²) in [5.41, 5.74) is 0.134. The van der Waals surface area contributed by atoms with Crippen LogP contribution in [-0.2, 0) is 0 Å². The lowest BCUT2D eigenvalue weighted by Crippen LogP contribution is -2.38. The van der Waals surface area contributed by atoms with E-state index in [1.807, 2.05) is 6.92 Å². The Morgan fingerprint density at radius 2 is 1.75 bits per heavy atom. The fourth-order valence-corrected chi connectivity index (χ4v) is 3.35. The number of hydrogen-bond donors (Lipinski definition) is 1. The molecule has 1 aromatic carbocycles. The summed E-state index contributed by atoms with van der Waals surface area (Å²) in [6, 6.07) is 2.12. The summed E-state index contributed by atoms with van der Waals surface area (Å²) < 4.78 is 40.7. The molecule has 0 aliphatic heterocycles. The van der Waals surface area contributed by atoms with Crippen molar-refractivity contribution in [1.29, 1.82) is 0 Å². The van der Waals surface area contributed by atoms with Gasteiger partial charge in [-0.25, -0.2) is 13.2 Å². The summed E-state index contributed by atoms with van der Waals surface area (Å²) in [6.07, 6.45) is 5.34. The Morgan fingerprint density at radius 3 is 2.35 bits per heavy atom. The van der Waals surface area contributed by atoms with Crippen molar-refractivity contribution in [2.24, 2.45) is 5.41 Å². The quantitative estimate of drug-likeness (QED) is 0.789. The van der Waals surface area contributed by atoms with Crippen molar-refractivity contribution in [2.75, 3.05) is 6.54 Å². The smallest absolute Gasteiger partial charge is 0.194 e. The number of nitrogens with one attached hydrogen (secondary N) is 1. The first-order valence-electron chi connectivity index (χ1n) is 7.36. The largest absolute Gasteiger partial charge is 0.310 e. The second-order valence-corrected chi connectivity index (χ2v) is 5.97. The molecule has 1 atom stereocenters. The highest BCUT2D eigenvalue weighted by Crippen LogP contribution is 2.46. The third-order valence-electron chi connectivity index (χ3n) is 4.48. The first-order valence-corrected chi connectivity index (χ1v) is 7.36. The topological polar surface area (TPSA) is 12.0 Å². The van der Waals surface area contributed by atoms with Gasteiger partial charge in [0.1, 0.15) is 0 Å². The van der Waals surface area contributed by atoms with E-state index in [1.165, 1.54) is 12.5 Å². The van der Waals surface area contributed by atoms with E-state index in [4.69, 9.17) is 0 Å². The molecule has 1 fully saturated rings. The summed E-state index contributed by atoms with van der Waals surface area (Å²) in [5, 5.41) is 3.27. The lowest BCUT2D eigenvalue weighted by molar-refractivity contribution is 0.142. The fraction of sp³-hybridized carbons (Fsp3) is 0.625. The molecule has 0 saturated heterocycles. The lowest BCUT2D eigenvalue weighted by Gasteiger charge is -2.41. The van der Waals surface area contributed by atoms with Crippen LogP contribution in [0.5, 0.6) is 0 Å². The van der Waals surface area contributed by atoms with Gasteiger partial charge in [-0.15, -0.1) is 0 Å². The van der Waals surface area contributed by atoms with E-state index >= 15 is 0 Å². The van der Waals surface area contributed by atoms with E-state index in [-0.39, 0.29) is 17.0 Å². The predicted molar refractivity (Wildman–Crippen MR) is 73.9 cm³/mol. The molecule has 0 aromatic heterocycles. The number of halogens is 3. The molecule has 0 amide bonds. The fourth-order valence-electron chi connectivity index (χ4n) is 3.35. The van der Waals surface area contributed by atoms with Crippen LogP contribution in [0, 0.1) is 22.9 Å². The van der Waals surface area contributed by atoms with Crippen molar-refractivity contribution in [2.45, 2.75) is 52.0 Å². The highest BCUT2D eigenvalue weighted by Gasteiger charge is 2.38. The molecule has 1 aliphatic carbocycles. The number of rotatable bonds is 4. The van der Waals surface area contributed by atoms with Crippen LogP contribution in [0.25, 0.3) is 0 Å². The van der Waals surface area contributed by atoms with Gasteiger partial charge in [-0.05, 0) is 30.9 Å². The Bertz CT molecular complexity index is 467. The molecule has 0 spiro atoms. The normalized spacial score (nSPS) is 19.9. The highest BCUT2D eigenvalue weighted by molar-refractivity contribution is 5.25. The second-order valence-electron chi connectivity index (χ2n) is 5.97. The van der Waals surface area contributed by atoms with Crippen molar-refractivity contribution in [3.8, 4) is 0 Å². The highest BCUT2D eigenvalue weighted by atomic mass is 19.2. The minimum atomic E-state index is -1.37. The summed E-state index contributed by atoms with van der Waals surface area (Å²) in [6.45, 7) is 4.72. The minimum absolute atomic E-state index is 0.112. The summed E-state index contributed by atoms with van der Waals surface area (Å²) in [7, 11) is 0. The predicted octanol–water partition coefficient (Wildman–Crippen LogP) is 4.72. The maximum atomic E-state index is 14.1. The zero-order valence-electron chi connectivity index (χ0n) is 12.1. The Labute approximate surface area is 118 Å². The number of benzene rings is 1. The third-order valence-corrected chi connectivity index (χ3v) is 4.48. The minimum Gasteiger partial charge on any atom is -0.310 e. The van der Waals surface area contributed by atoms with Gasteiger partial charge in [-0.1, -0.05) is 39.2 Å². The van der Waals surface area contributed by atoms with Crippen LogP contribution in [0.4, 0.5) is 13.2 Å². The standard InChI is InChI=1S/C16H22F3N/c1-3-20-15(16(2)9-5-4-6-10-16)11-7-8-12(17)14(19)13(11)18/h7-8,15,20H,3-6,9-10H2,1-2H3. The van der Waals surface area contributed by atoms with Gasteiger partial charge in [-0.2, -0.15) is 0 Å². The Morgan fingerprint density at radius 1 is 1.10 bits per heavy atom. The van der Waals surface area contributed by atoms with E-state index in [9.17, 15) is 13.2 Å². The molecule has 1 unspecified atom stereocenters. The van der Waals surface area contributed by atoms with E-state index in [0.717, 1.165) is 31.7 Å². The van der Waals surface area contributed by atoms with Gasteiger partial charge >= 0.3 is 0 Å². The molecular formula is C16H22F3N. The summed E-state index contributed by atoms with van der Waals surface area (Å²) in [5.74, 6) is -3.55. The Balaban J connectivity index is 2.40. The van der Waals surface area contributed by atoms with Gasteiger partial charge in [-0.3, -0.25) is 0 Å². The second kappa shape index (κ2) is 6.17. The Hall–Kier alpha value is -1.03. The van der Waals surface area contributed by atoms with Gasteiger partial charge in [0.2, 0.25) is 0 Å². The molecule has 1 N–H and O–H groups in total. The van der Waals surface area contributed by atoms with Crippen LogP contribution in [-0.4, -0.2) is 6.54 Å². The van der Waals surface area contributed by atoms with Gasteiger partial charge in [0.15, 0.2) is 17.5 Å². The first-order chi connectivity index (χ1) is 9.49. The molecule has 0 radical (unpaired) electrons. The monoisotopic (exact) mass is 285 g/mol. The molecule has 1 aliphatic rings. The summed E-state index contributed by atoms with van der Waals surface area (Å²) in [4.78, 5) is 0. The van der Waals surface area contributed by atoms with Crippen molar-refractivity contribution in [3.05, 3.63) is 35.1 Å². The van der Waals surface area contributed by atoms with Crippen LogP contribution in [0.15, 0.2) is 12.1 Å².